The van der Waals surface area contributed by atoms with Gasteiger partial charge in [-0.15, -0.1) is 0 Å². The molecule has 0 spiro atoms. The number of hydrogen-bond donors (Lipinski definition) is 0. The molecule has 2 aromatic rings. The van der Waals surface area contributed by atoms with E-state index in [0.717, 1.165) is 28.4 Å². The fraction of sp³-hybridized carbons (Fsp3) is 0.368. The molecule has 0 aromatic heterocycles. The highest BCUT2D eigenvalue weighted by molar-refractivity contribution is 14.1. The zero-order valence-electron chi connectivity index (χ0n) is 13.6. The topological polar surface area (TPSA) is 37.4 Å². The lowest BCUT2D eigenvalue weighted by molar-refractivity contribution is 0.272. The normalized spacial score (nSPS) is 17.0. The van der Waals surface area contributed by atoms with E-state index in [2.05, 4.69) is 46.9 Å². The molecule has 3 nitrogen and oxygen atoms in total. The van der Waals surface area contributed by atoms with Gasteiger partial charge in [0.1, 0.15) is 0 Å². The maximum atomic E-state index is 12.7. The number of nitrogens with zero attached hydrogens (tertiary/aromatic N) is 1. The molecule has 0 aliphatic carbocycles. The van der Waals surface area contributed by atoms with Crippen LogP contribution in [-0.2, 0) is 22.2 Å². The Balaban J connectivity index is 1.57. The summed E-state index contributed by atoms with van der Waals surface area (Å²) in [6, 6.07) is 18.2. The Hall–Kier alpha value is -0.920. The van der Waals surface area contributed by atoms with Crippen molar-refractivity contribution in [2.45, 2.75) is 25.0 Å². The van der Waals surface area contributed by atoms with Gasteiger partial charge in [-0.05, 0) is 71.0 Å². The van der Waals surface area contributed by atoms with E-state index in [-0.39, 0.29) is 5.75 Å². The smallest absolute Gasteiger partial charge is 0.212 e. The number of benzene rings is 2. The number of rotatable bonds is 5. The molecular formula is C19H22INO2S. The Bertz CT molecular complexity index is 769. The Kier molecular flexibility index (Phi) is 5.94. The maximum Gasteiger partial charge on any atom is 0.218 e. The Labute approximate surface area is 158 Å². The number of piperidine rings is 1. The van der Waals surface area contributed by atoms with Crippen molar-refractivity contribution in [1.29, 1.82) is 0 Å². The summed E-state index contributed by atoms with van der Waals surface area (Å²) in [4.78, 5) is 0. The maximum absolute atomic E-state index is 12.7. The quantitative estimate of drug-likeness (QED) is 0.641. The molecule has 0 atom stereocenters. The molecule has 0 amide bonds. The fourth-order valence-electron chi connectivity index (χ4n) is 3.27. The molecule has 0 bridgehead atoms. The molecule has 1 saturated heterocycles. The van der Waals surface area contributed by atoms with E-state index in [4.69, 9.17) is 0 Å². The summed E-state index contributed by atoms with van der Waals surface area (Å²) in [5, 5.41) is 0. The monoisotopic (exact) mass is 453 g/mol. The number of hydrogen-bond acceptors (Lipinski definition) is 2. The van der Waals surface area contributed by atoms with Crippen LogP contribution in [0.5, 0.6) is 0 Å². The van der Waals surface area contributed by atoms with E-state index in [1.54, 1.807) is 4.31 Å². The summed E-state index contributed by atoms with van der Waals surface area (Å²) in [7, 11) is -3.22. The third-order valence-corrected chi connectivity index (χ3v) is 7.09. The summed E-state index contributed by atoms with van der Waals surface area (Å²) in [6.45, 7) is 1.29. The lowest BCUT2D eigenvalue weighted by Crippen LogP contribution is -2.39. The molecule has 5 heteroatoms. The first-order valence-electron chi connectivity index (χ1n) is 8.29. The average molecular weight is 453 g/mol. The van der Waals surface area contributed by atoms with E-state index >= 15 is 0 Å². The third kappa shape index (κ3) is 4.80. The molecule has 1 aliphatic heterocycles. The fourth-order valence-corrected chi connectivity index (χ4v) is 5.43. The molecule has 24 heavy (non-hydrogen) atoms. The van der Waals surface area contributed by atoms with Crippen LogP contribution >= 0.6 is 22.6 Å². The van der Waals surface area contributed by atoms with Crippen LogP contribution in [0.4, 0.5) is 0 Å². The average Bonchev–Trinajstić information content (AvgIpc) is 2.56. The van der Waals surface area contributed by atoms with Crippen LogP contribution in [0.2, 0.25) is 0 Å². The van der Waals surface area contributed by atoms with Crippen LogP contribution in [0.3, 0.4) is 0 Å². The zero-order valence-corrected chi connectivity index (χ0v) is 16.5. The van der Waals surface area contributed by atoms with Crippen LogP contribution < -0.4 is 0 Å². The predicted octanol–water partition coefficient (Wildman–Crippen LogP) is 4.08. The first kappa shape index (κ1) is 17.9. The lowest BCUT2D eigenvalue weighted by Gasteiger charge is -2.31. The minimum absolute atomic E-state index is 0.104. The summed E-state index contributed by atoms with van der Waals surface area (Å²) < 4.78 is 28.1. The van der Waals surface area contributed by atoms with Crippen molar-refractivity contribution in [3.05, 3.63) is 69.3 Å². The standard InChI is InChI=1S/C19H22INO2S/c20-19-8-4-7-18(14-19)15-24(22,23)21-11-9-17(10-12-21)13-16-5-2-1-3-6-16/h1-8,14,17H,9-13,15H2/i20-2. The molecule has 1 fully saturated rings. The summed E-state index contributed by atoms with van der Waals surface area (Å²) in [6.07, 6.45) is 2.94. The second kappa shape index (κ2) is 7.97. The zero-order chi connectivity index (χ0) is 17.0. The number of halogens is 1. The minimum atomic E-state index is -3.22. The Morgan fingerprint density at radius 1 is 0.958 bits per heavy atom. The van der Waals surface area contributed by atoms with Gasteiger partial charge in [-0.25, -0.2) is 12.7 Å². The highest BCUT2D eigenvalue weighted by atomic mass is 125. The van der Waals surface area contributed by atoms with Crippen molar-refractivity contribution in [1.82, 2.24) is 4.31 Å². The van der Waals surface area contributed by atoms with Crippen LogP contribution in [0.1, 0.15) is 24.0 Å². The van der Waals surface area contributed by atoms with Crippen LogP contribution in [-0.4, -0.2) is 25.8 Å². The van der Waals surface area contributed by atoms with Gasteiger partial charge in [-0.2, -0.15) is 0 Å². The van der Waals surface area contributed by atoms with Gasteiger partial charge in [0.2, 0.25) is 10.0 Å². The molecule has 0 saturated carbocycles. The van der Waals surface area contributed by atoms with E-state index < -0.39 is 10.0 Å². The predicted molar refractivity (Wildman–Crippen MR) is 106 cm³/mol. The number of sulfonamides is 1. The molecule has 3 rings (SSSR count). The lowest BCUT2D eigenvalue weighted by atomic mass is 9.91. The largest absolute Gasteiger partial charge is 0.218 e. The van der Waals surface area contributed by atoms with Gasteiger partial charge < -0.3 is 0 Å². The van der Waals surface area contributed by atoms with Crippen molar-refractivity contribution >= 4 is 32.6 Å². The summed E-state index contributed by atoms with van der Waals surface area (Å²) >= 11 is 2.22. The van der Waals surface area contributed by atoms with Crippen molar-refractivity contribution in [3.8, 4) is 0 Å². The molecule has 0 unspecified atom stereocenters. The van der Waals surface area contributed by atoms with Crippen LogP contribution in [0.25, 0.3) is 0 Å². The summed E-state index contributed by atoms with van der Waals surface area (Å²) in [5.41, 5.74) is 2.21. The third-order valence-electron chi connectivity index (χ3n) is 4.57. The van der Waals surface area contributed by atoms with E-state index in [1.165, 1.54) is 5.56 Å². The van der Waals surface area contributed by atoms with Crippen LogP contribution in [0.15, 0.2) is 54.6 Å². The Morgan fingerprint density at radius 3 is 2.29 bits per heavy atom. The molecule has 128 valence electrons. The van der Waals surface area contributed by atoms with Crippen molar-refractivity contribution in [2.75, 3.05) is 13.1 Å². The SMILES string of the molecule is O=S(=O)(Cc1cccc([125I])c1)N1CCC(Cc2ccccc2)CC1. The highest BCUT2D eigenvalue weighted by Crippen LogP contribution is 2.24. The molecule has 2 aromatic carbocycles. The highest BCUT2D eigenvalue weighted by Gasteiger charge is 2.28. The van der Waals surface area contributed by atoms with E-state index in [9.17, 15) is 8.42 Å². The Morgan fingerprint density at radius 2 is 1.62 bits per heavy atom. The van der Waals surface area contributed by atoms with Gasteiger partial charge in [-0.1, -0.05) is 42.5 Å². The summed E-state index contributed by atoms with van der Waals surface area (Å²) in [5.74, 6) is 0.684. The molecule has 0 radical (unpaired) electrons. The molecule has 1 heterocycles. The first-order valence-corrected chi connectivity index (χ1v) is 11.0. The van der Waals surface area contributed by atoms with Crippen molar-refractivity contribution in [3.63, 3.8) is 0 Å². The van der Waals surface area contributed by atoms with Gasteiger partial charge in [0.15, 0.2) is 0 Å². The van der Waals surface area contributed by atoms with Gasteiger partial charge in [0.25, 0.3) is 0 Å². The first-order chi connectivity index (χ1) is 11.5. The minimum Gasteiger partial charge on any atom is -0.212 e. The van der Waals surface area contributed by atoms with Gasteiger partial charge >= 0.3 is 0 Å². The van der Waals surface area contributed by atoms with Gasteiger partial charge in [0.05, 0.1) is 5.75 Å². The molecule has 0 N–H and O–H groups in total. The second-order valence-corrected chi connectivity index (χ2v) is 9.63. The van der Waals surface area contributed by atoms with Gasteiger partial charge in [-0.3, -0.25) is 0 Å². The van der Waals surface area contributed by atoms with Crippen LogP contribution in [0, 0.1) is 9.49 Å². The van der Waals surface area contributed by atoms with E-state index in [0.29, 0.717) is 19.0 Å². The van der Waals surface area contributed by atoms with Crippen molar-refractivity contribution in [2.24, 2.45) is 5.92 Å². The molecule has 1 aliphatic rings. The molecular weight excluding hydrogens is 431 g/mol. The van der Waals surface area contributed by atoms with E-state index in [1.807, 2.05) is 30.3 Å². The second-order valence-electron chi connectivity index (χ2n) is 6.42. The van der Waals surface area contributed by atoms with Crippen molar-refractivity contribution < 1.29 is 8.42 Å². The van der Waals surface area contributed by atoms with Gasteiger partial charge in [0, 0.05) is 16.7 Å².